The number of hydrogen-bond donors (Lipinski definition) is 0. The Morgan fingerprint density at radius 1 is 0.967 bits per heavy atom. The molecule has 2 atom stereocenters. The standard InChI is InChI=1S/C26H25NO3/c1-26-18-27(15-19-9-4-2-5-10-19)25(28)24(26)21-13-8-14-23(22(21)17-30-26)29-16-20-11-6-3-7-12-20/h2-14,24H,15-18H2,1H3/t24-,26+/m1/s1. The van der Waals surface area contributed by atoms with Crippen LogP contribution in [-0.2, 0) is 29.3 Å². The highest BCUT2D eigenvalue weighted by Gasteiger charge is 2.53. The number of carbonyl (C=O) groups excluding carboxylic acids is 1. The van der Waals surface area contributed by atoms with E-state index >= 15 is 0 Å². The molecule has 3 aromatic rings. The first kappa shape index (κ1) is 18.9. The van der Waals surface area contributed by atoms with E-state index in [1.807, 2.05) is 65.6 Å². The molecule has 4 nitrogen and oxygen atoms in total. The Bertz CT molecular complexity index is 1050. The molecular weight excluding hydrogens is 374 g/mol. The van der Waals surface area contributed by atoms with Gasteiger partial charge in [-0.3, -0.25) is 4.79 Å². The first-order chi connectivity index (χ1) is 14.6. The van der Waals surface area contributed by atoms with E-state index in [0.717, 1.165) is 28.0 Å². The van der Waals surface area contributed by atoms with Gasteiger partial charge in [0.25, 0.3) is 0 Å². The van der Waals surface area contributed by atoms with E-state index in [-0.39, 0.29) is 11.8 Å². The van der Waals surface area contributed by atoms with Crippen LogP contribution in [0.15, 0.2) is 78.9 Å². The molecule has 0 bridgehead atoms. The van der Waals surface area contributed by atoms with Crippen molar-refractivity contribution in [2.24, 2.45) is 0 Å². The summed E-state index contributed by atoms with van der Waals surface area (Å²) in [4.78, 5) is 15.3. The van der Waals surface area contributed by atoms with Crippen molar-refractivity contribution in [2.75, 3.05) is 6.54 Å². The SMILES string of the molecule is C[C@]12CN(Cc3ccccc3)C(=O)[C@H]1c1cccc(OCc3ccccc3)c1CO2. The molecule has 0 N–H and O–H groups in total. The highest BCUT2D eigenvalue weighted by molar-refractivity contribution is 5.89. The van der Waals surface area contributed by atoms with E-state index in [4.69, 9.17) is 9.47 Å². The maximum Gasteiger partial charge on any atom is 0.233 e. The number of likely N-dealkylation sites (tertiary alicyclic amines) is 1. The van der Waals surface area contributed by atoms with Crippen molar-refractivity contribution in [3.63, 3.8) is 0 Å². The van der Waals surface area contributed by atoms with Crippen molar-refractivity contribution in [2.45, 2.75) is 38.2 Å². The van der Waals surface area contributed by atoms with Crippen LogP contribution in [0.5, 0.6) is 5.75 Å². The van der Waals surface area contributed by atoms with Crippen LogP contribution >= 0.6 is 0 Å². The summed E-state index contributed by atoms with van der Waals surface area (Å²) in [5.74, 6) is 0.625. The smallest absolute Gasteiger partial charge is 0.233 e. The van der Waals surface area contributed by atoms with Gasteiger partial charge < -0.3 is 14.4 Å². The third-order valence-electron chi connectivity index (χ3n) is 6.15. The highest BCUT2D eigenvalue weighted by Crippen LogP contribution is 2.47. The van der Waals surface area contributed by atoms with Gasteiger partial charge in [0, 0.05) is 12.1 Å². The van der Waals surface area contributed by atoms with Crippen molar-refractivity contribution < 1.29 is 14.3 Å². The fourth-order valence-electron chi connectivity index (χ4n) is 4.64. The fourth-order valence-corrected chi connectivity index (χ4v) is 4.64. The first-order valence-corrected chi connectivity index (χ1v) is 10.4. The molecule has 0 unspecified atom stereocenters. The summed E-state index contributed by atoms with van der Waals surface area (Å²) in [6.07, 6.45) is 0. The molecule has 30 heavy (non-hydrogen) atoms. The molecule has 1 fully saturated rings. The predicted octanol–water partition coefficient (Wildman–Crippen LogP) is 4.68. The fraction of sp³-hybridized carbons (Fsp3) is 0.269. The molecule has 0 spiro atoms. The van der Waals surface area contributed by atoms with Gasteiger partial charge >= 0.3 is 0 Å². The van der Waals surface area contributed by atoms with Crippen molar-refractivity contribution in [1.82, 2.24) is 4.90 Å². The maximum atomic E-state index is 13.4. The largest absolute Gasteiger partial charge is 0.489 e. The zero-order valence-electron chi connectivity index (χ0n) is 17.1. The maximum absolute atomic E-state index is 13.4. The van der Waals surface area contributed by atoms with Crippen LogP contribution in [0.1, 0.15) is 35.1 Å². The minimum Gasteiger partial charge on any atom is -0.489 e. The number of carbonyl (C=O) groups is 1. The number of amides is 1. The van der Waals surface area contributed by atoms with Crippen LogP contribution in [0.25, 0.3) is 0 Å². The second kappa shape index (κ2) is 7.62. The summed E-state index contributed by atoms with van der Waals surface area (Å²) in [7, 11) is 0. The van der Waals surface area contributed by atoms with E-state index in [0.29, 0.717) is 26.3 Å². The van der Waals surface area contributed by atoms with Gasteiger partial charge in [0.2, 0.25) is 5.91 Å². The molecule has 0 aliphatic carbocycles. The van der Waals surface area contributed by atoms with E-state index in [9.17, 15) is 4.79 Å². The van der Waals surface area contributed by atoms with Gasteiger partial charge in [0.1, 0.15) is 12.4 Å². The Morgan fingerprint density at radius 3 is 2.40 bits per heavy atom. The Morgan fingerprint density at radius 2 is 1.67 bits per heavy atom. The van der Waals surface area contributed by atoms with Gasteiger partial charge in [0.05, 0.1) is 24.7 Å². The lowest BCUT2D eigenvalue weighted by Gasteiger charge is -2.36. The van der Waals surface area contributed by atoms with Gasteiger partial charge in [0.15, 0.2) is 0 Å². The first-order valence-electron chi connectivity index (χ1n) is 10.4. The van der Waals surface area contributed by atoms with E-state index in [2.05, 4.69) is 25.1 Å². The molecule has 2 aliphatic rings. The Balaban J connectivity index is 1.41. The molecule has 1 saturated heterocycles. The molecule has 0 aromatic heterocycles. The van der Waals surface area contributed by atoms with Gasteiger partial charge in [-0.25, -0.2) is 0 Å². The minimum absolute atomic E-state index is 0.127. The average Bonchev–Trinajstić information content (AvgIpc) is 3.03. The van der Waals surface area contributed by atoms with Crippen molar-refractivity contribution in [1.29, 1.82) is 0 Å². The highest BCUT2D eigenvalue weighted by atomic mass is 16.5. The van der Waals surface area contributed by atoms with Crippen LogP contribution in [-0.4, -0.2) is 23.0 Å². The van der Waals surface area contributed by atoms with E-state index < -0.39 is 5.60 Å². The molecule has 0 radical (unpaired) electrons. The summed E-state index contributed by atoms with van der Waals surface area (Å²) in [5.41, 5.74) is 3.76. The molecule has 5 rings (SSSR count). The molecule has 152 valence electrons. The number of nitrogens with zero attached hydrogens (tertiary/aromatic N) is 1. The van der Waals surface area contributed by atoms with Crippen LogP contribution in [0, 0.1) is 0 Å². The molecule has 2 heterocycles. The average molecular weight is 399 g/mol. The van der Waals surface area contributed by atoms with Gasteiger partial charge in [-0.1, -0.05) is 72.8 Å². The third-order valence-corrected chi connectivity index (χ3v) is 6.15. The number of benzene rings is 3. The summed E-state index contributed by atoms with van der Waals surface area (Å²) in [6, 6.07) is 26.2. The second-order valence-corrected chi connectivity index (χ2v) is 8.31. The molecule has 1 amide bonds. The number of ether oxygens (including phenoxy) is 2. The van der Waals surface area contributed by atoms with Crippen LogP contribution < -0.4 is 4.74 Å². The van der Waals surface area contributed by atoms with Crippen molar-refractivity contribution in [3.8, 4) is 5.75 Å². The number of fused-ring (bicyclic) bond motifs is 3. The Kier molecular flexibility index (Phi) is 4.80. The predicted molar refractivity (Wildman–Crippen MR) is 115 cm³/mol. The van der Waals surface area contributed by atoms with Crippen LogP contribution in [0.3, 0.4) is 0 Å². The normalized spacial score (nSPS) is 22.5. The Labute approximate surface area is 177 Å². The topological polar surface area (TPSA) is 38.8 Å². The number of hydrogen-bond acceptors (Lipinski definition) is 3. The van der Waals surface area contributed by atoms with Gasteiger partial charge in [-0.15, -0.1) is 0 Å². The monoisotopic (exact) mass is 399 g/mol. The number of rotatable bonds is 5. The van der Waals surface area contributed by atoms with Gasteiger partial charge in [-0.2, -0.15) is 0 Å². The lowest BCUT2D eigenvalue weighted by molar-refractivity contribution is -0.131. The van der Waals surface area contributed by atoms with Crippen LogP contribution in [0.4, 0.5) is 0 Å². The minimum atomic E-state index is -0.517. The van der Waals surface area contributed by atoms with Crippen molar-refractivity contribution in [3.05, 3.63) is 101 Å². The van der Waals surface area contributed by atoms with Crippen LogP contribution in [0.2, 0.25) is 0 Å². The van der Waals surface area contributed by atoms with E-state index in [1.165, 1.54) is 0 Å². The summed E-state index contributed by atoms with van der Waals surface area (Å²) in [6.45, 7) is 4.21. The van der Waals surface area contributed by atoms with E-state index in [1.54, 1.807) is 0 Å². The molecular formula is C26H25NO3. The van der Waals surface area contributed by atoms with Crippen molar-refractivity contribution >= 4 is 5.91 Å². The lowest BCUT2D eigenvalue weighted by atomic mass is 9.81. The summed E-state index contributed by atoms with van der Waals surface area (Å²) < 4.78 is 12.4. The summed E-state index contributed by atoms with van der Waals surface area (Å²) in [5, 5.41) is 0. The molecule has 2 aliphatic heterocycles. The lowest BCUT2D eigenvalue weighted by Crippen LogP contribution is -2.40. The summed E-state index contributed by atoms with van der Waals surface area (Å²) >= 11 is 0. The zero-order chi connectivity index (χ0) is 20.6. The molecule has 4 heteroatoms. The third kappa shape index (κ3) is 3.37. The van der Waals surface area contributed by atoms with Gasteiger partial charge in [-0.05, 0) is 29.7 Å². The zero-order valence-corrected chi connectivity index (χ0v) is 17.1. The quantitative estimate of drug-likeness (QED) is 0.625. The molecule has 3 aromatic carbocycles. The second-order valence-electron chi connectivity index (χ2n) is 8.31. The Hall–Kier alpha value is -3.11. The molecule has 0 saturated carbocycles.